The summed E-state index contributed by atoms with van der Waals surface area (Å²) < 4.78 is 0. The van der Waals surface area contributed by atoms with Crippen molar-refractivity contribution in [1.29, 1.82) is 0 Å². The molecule has 0 aliphatic rings. The molecule has 0 saturated carbocycles. The van der Waals surface area contributed by atoms with E-state index >= 15 is 0 Å². The summed E-state index contributed by atoms with van der Waals surface area (Å²) in [6.07, 6.45) is 1.77. The first-order valence-electron chi connectivity index (χ1n) is 3.73. The van der Waals surface area contributed by atoms with E-state index < -0.39 is 0 Å². The molecule has 0 atom stereocenters. The maximum absolute atomic E-state index is 3.93. The van der Waals surface area contributed by atoms with Gasteiger partial charge in [0.1, 0.15) is 0 Å². The van der Waals surface area contributed by atoms with E-state index in [1.165, 1.54) is 0 Å². The van der Waals surface area contributed by atoms with Crippen LogP contribution in [0.1, 0.15) is 5.56 Å². The molecule has 1 aromatic carbocycles. The van der Waals surface area contributed by atoms with Crippen molar-refractivity contribution in [2.75, 3.05) is 12.4 Å². The van der Waals surface area contributed by atoms with Crippen LogP contribution in [-0.4, -0.2) is 13.8 Å². The minimum Gasteiger partial charge on any atom is -0.386 e. The lowest BCUT2D eigenvalue weighted by atomic mass is 10.1. The Kier molecular flexibility index (Phi) is 2.64. The molecule has 0 unspecified atom stereocenters. The van der Waals surface area contributed by atoms with Crippen molar-refractivity contribution in [3.05, 3.63) is 30.3 Å². The van der Waals surface area contributed by atoms with Gasteiger partial charge in [0.15, 0.2) is 0 Å². The first-order chi connectivity index (χ1) is 5.83. The van der Waals surface area contributed by atoms with E-state index in [4.69, 9.17) is 0 Å². The highest BCUT2D eigenvalue weighted by molar-refractivity contribution is 5.77. The lowest BCUT2D eigenvalue weighted by Crippen LogP contribution is -1.89. The van der Waals surface area contributed by atoms with Gasteiger partial charge in [-0.3, -0.25) is 4.99 Å². The number of nitrogens with zero attached hydrogens (tertiary/aromatic N) is 1. The molecule has 0 spiro atoms. The van der Waals surface area contributed by atoms with Gasteiger partial charge in [0.2, 0.25) is 0 Å². The molecule has 0 aliphatic heterocycles. The van der Waals surface area contributed by atoms with Crippen molar-refractivity contribution in [3.63, 3.8) is 0 Å². The van der Waals surface area contributed by atoms with E-state index in [1.807, 2.05) is 25.2 Å². The van der Waals surface area contributed by atoms with Crippen LogP contribution in [0.25, 0.3) is 6.08 Å². The minimum atomic E-state index is 0.856. The molecule has 1 N–H and O–H groups in total. The monoisotopic (exact) mass is 160 g/mol. The Bertz CT molecular complexity index is 303. The molecule has 0 aliphatic carbocycles. The summed E-state index contributed by atoms with van der Waals surface area (Å²) in [5, 5.41) is 3.04. The van der Waals surface area contributed by atoms with E-state index in [2.05, 4.69) is 23.6 Å². The molecule has 2 nitrogen and oxygen atoms in total. The van der Waals surface area contributed by atoms with Gasteiger partial charge in [0, 0.05) is 12.6 Å². The summed E-state index contributed by atoms with van der Waals surface area (Å²) in [4.78, 5) is 3.93. The van der Waals surface area contributed by atoms with E-state index in [-0.39, 0.29) is 0 Å². The molecule has 0 radical (unpaired) electrons. The Hall–Kier alpha value is -1.57. The molecule has 0 heterocycles. The van der Waals surface area contributed by atoms with Gasteiger partial charge in [0.05, 0.1) is 11.4 Å². The highest BCUT2D eigenvalue weighted by Crippen LogP contribution is 2.28. The Balaban J connectivity index is 3.31. The Morgan fingerprint density at radius 1 is 1.50 bits per heavy atom. The van der Waals surface area contributed by atoms with Gasteiger partial charge < -0.3 is 5.32 Å². The fourth-order valence-corrected chi connectivity index (χ4v) is 1.10. The fourth-order valence-electron chi connectivity index (χ4n) is 1.10. The molecular formula is C10H12N2. The molecule has 1 rings (SSSR count). The summed E-state index contributed by atoms with van der Waals surface area (Å²) in [6, 6.07) is 5.87. The second-order valence-corrected chi connectivity index (χ2v) is 2.36. The molecule has 62 valence electrons. The third-order valence-corrected chi connectivity index (χ3v) is 1.71. The molecule has 12 heavy (non-hydrogen) atoms. The highest BCUT2D eigenvalue weighted by Gasteiger charge is 2.00. The lowest BCUT2D eigenvalue weighted by molar-refractivity contribution is 1.45. The zero-order valence-electron chi connectivity index (χ0n) is 7.17. The van der Waals surface area contributed by atoms with Crippen LogP contribution in [0.2, 0.25) is 0 Å². The van der Waals surface area contributed by atoms with Crippen LogP contribution in [0.5, 0.6) is 0 Å². The second-order valence-electron chi connectivity index (χ2n) is 2.36. The molecule has 0 saturated heterocycles. The maximum Gasteiger partial charge on any atom is 0.0925 e. The van der Waals surface area contributed by atoms with Crippen molar-refractivity contribution >= 4 is 24.2 Å². The molecule has 1 aromatic rings. The van der Waals surface area contributed by atoms with Gasteiger partial charge in [0.25, 0.3) is 0 Å². The quantitative estimate of drug-likeness (QED) is 0.675. The number of benzene rings is 1. The maximum atomic E-state index is 3.93. The summed E-state index contributed by atoms with van der Waals surface area (Å²) in [6.45, 7) is 7.21. The van der Waals surface area contributed by atoms with Crippen molar-refractivity contribution in [2.45, 2.75) is 0 Å². The normalized spacial score (nSPS) is 9.08. The van der Waals surface area contributed by atoms with Crippen LogP contribution < -0.4 is 5.32 Å². The van der Waals surface area contributed by atoms with E-state index in [1.54, 1.807) is 6.08 Å². The predicted octanol–water partition coefficient (Wildman–Crippen LogP) is 2.70. The standard InChI is InChI=1S/C10H12N2/c1-4-8-6-5-7-9(11-2)10(8)12-3/h4-7,11H,1,3H2,2H3. The molecule has 2 heteroatoms. The van der Waals surface area contributed by atoms with Crippen LogP contribution in [0.15, 0.2) is 29.8 Å². The highest BCUT2D eigenvalue weighted by atomic mass is 14.9. The van der Waals surface area contributed by atoms with Gasteiger partial charge in [-0.2, -0.15) is 0 Å². The van der Waals surface area contributed by atoms with Gasteiger partial charge in [-0.1, -0.05) is 24.8 Å². The Morgan fingerprint density at radius 2 is 2.25 bits per heavy atom. The number of hydrogen-bond acceptors (Lipinski definition) is 2. The van der Waals surface area contributed by atoms with Gasteiger partial charge in [-0.15, -0.1) is 0 Å². The van der Waals surface area contributed by atoms with Gasteiger partial charge in [-0.25, -0.2) is 0 Å². The van der Waals surface area contributed by atoms with E-state index in [0.29, 0.717) is 0 Å². The lowest BCUT2D eigenvalue weighted by Gasteiger charge is -2.06. The summed E-state index contributed by atoms with van der Waals surface area (Å²) in [5.74, 6) is 0. The van der Waals surface area contributed by atoms with E-state index in [0.717, 1.165) is 16.9 Å². The van der Waals surface area contributed by atoms with Gasteiger partial charge in [-0.05, 0) is 12.8 Å². The van der Waals surface area contributed by atoms with Crippen LogP contribution in [0.4, 0.5) is 11.4 Å². The third-order valence-electron chi connectivity index (χ3n) is 1.71. The SMILES string of the molecule is C=Cc1cccc(NC)c1N=C. The van der Waals surface area contributed by atoms with Crippen molar-refractivity contribution in [2.24, 2.45) is 4.99 Å². The number of hydrogen-bond donors (Lipinski definition) is 1. The van der Waals surface area contributed by atoms with Crippen molar-refractivity contribution < 1.29 is 0 Å². The molecule has 0 aromatic heterocycles. The number of aliphatic imine (C=N–C) groups is 1. The molecule has 0 bridgehead atoms. The summed E-state index contributed by atoms with van der Waals surface area (Å²) >= 11 is 0. The fraction of sp³-hybridized carbons (Fsp3) is 0.100. The summed E-state index contributed by atoms with van der Waals surface area (Å²) in [5.41, 5.74) is 2.83. The minimum absolute atomic E-state index is 0.856. The van der Waals surface area contributed by atoms with Crippen LogP contribution in [0, 0.1) is 0 Å². The third kappa shape index (κ3) is 1.37. The smallest absolute Gasteiger partial charge is 0.0925 e. The topological polar surface area (TPSA) is 24.4 Å². The average molecular weight is 160 g/mol. The van der Waals surface area contributed by atoms with Crippen molar-refractivity contribution in [3.8, 4) is 0 Å². The first-order valence-corrected chi connectivity index (χ1v) is 3.73. The Labute approximate surface area is 72.6 Å². The van der Waals surface area contributed by atoms with Gasteiger partial charge >= 0.3 is 0 Å². The number of rotatable bonds is 3. The number of nitrogens with one attached hydrogen (secondary N) is 1. The van der Waals surface area contributed by atoms with Crippen LogP contribution in [-0.2, 0) is 0 Å². The second kappa shape index (κ2) is 3.72. The molecular weight excluding hydrogens is 148 g/mol. The van der Waals surface area contributed by atoms with Crippen LogP contribution in [0.3, 0.4) is 0 Å². The molecule has 0 amide bonds. The number of anilines is 1. The first kappa shape index (κ1) is 8.53. The Morgan fingerprint density at radius 3 is 2.75 bits per heavy atom. The summed E-state index contributed by atoms with van der Waals surface area (Å²) in [7, 11) is 1.86. The molecule has 0 fully saturated rings. The average Bonchev–Trinajstić information content (AvgIpc) is 2.16. The van der Waals surface area contributed by atoms with E-state index in [9.17, 15) is 0 Å². The number of para-hydroxylation sites is 1. The predicted molar refractivity (Wildman–Crippen MR) is 55.3 cm³/mol. The zero-order valence-corrected chi connectivity index (χ0v) is 7.17. The van der Waals surface area contributed by atoms with Crippen molar-refractivity contribution in [1.82, 2.24) is 0 Å². The zero-order chi connectivity index (χ0) is 8.97. The largest absolute Gasteiger partial charge is 0.386 e. The van der Waals surface area contributed by atoms with Crippen LogP contribution >= 0.6 is 0 Å².